The highest BCUT2D eigenvalue weighted by Crippen LogP contribution is 2.12. The van der Waals surface area contributed by atoms with Gasteiger partial charge >= 0.3 is 6.03 Å². The molecule has 0 aliphatic carbocycles. The van der Waals surface area contributed by atoms with Gasteiger partial charge in [0.15, 0.2) is 0 Å². The van der Waals surface area contributed by atoms with E-state index in [4.69, 9.17) is 0 Å². The number of hydrogen-bond acceptors (Lipinski definition) is 4. The van der Waals surface area contributed by atoms with Crippen molar-refractivity contribution in [3.05, 3.63) is 0 Å². The third kappa shape index (κ3) is 2.56. The number of rotatable bonds is 2. The highest BCUT2D eigenvalue weighted by Gasteiger charge is 2.37. The fourth-order valence-corrected chi connectivity index (χ4v) is 2.46. The van der Waals surface area contributed by atoms with Crippen LogP contribution in [0.4, 0.5) is 4.79 Å². The van der Waals surface area contributed by atoms with E-state index in [0.29, 0.717) is 6.54 Å². The van der Waals surface area contributed by atoms with E-state index >= 15 is 0 Å². The monoisotopic (exact) mass is 268 g/mol. The van der Waals surface area contributed by atoms with Crippen molar-refractivity contribution in [3.63, 3.8) is 0 Å². The average molecular weight is 268 g/mol. The van der Waals surface area contributed by atoms with E-state index in [2.05, 4.69) is 5.32 Å². The molecule has 2 saturated heterocycles. The van der Waals surface area contributed by atoms with Crippen LogP contribution >= 0.6 is 0 Å². The lowest BCUT2D eigenvalue weighted by atomic mass is 10.1. The summed E-state index contributed by atoms with van der Waals surface area (Å²) in [5.74, 6) is -0.477. The molecule has 0 spiro atoms. The van der Waals surface area contributed by atoms with E-state index in [1.54, 1.807) is 11.9 Å². The Balaban J connectivity index is 2.01. The Bertz CT molecular complexity index is 412. The molecule has 7 heteroatoms. The van der Waals surface area contributed by atoms with Gasteiger partial charge in [-0.15, -0.1) is 0 Å². The second-order valence-corrected chi connectivity index (χ2v) is 5.19. The molecule has 0 aromatic carbocycles. The highest BCUT2D eigenvalue weighted by molar-refractivity contribution is 6.04. The molecule has 19 heavy (non-hydrogen) atoms. The zero-order valence-corrected chi connectivity index (χ0v) is 11.5. The molecule has 4 amide bonds. The van der Waals surface area contributed by atoms with Crippen LogP contribution in [-0.2, 0) is 9.59 Å². The molecular formula is C12H20N4O3. The summed E-state index contributed by atoms with van der Waals surface area (Å²) in [6.07, 6.45) is 0. The molecule has 0 bridgehead atoms. The predicted octanol–water partition coefficient (Wildman–Crippen LogP) is -0.911. The Morgan fingerprint density at radius 2 is 2.05 bits per heavy atom. The smallest absolute Gasteiger partial charge is 0.327 e. The first-order valence-electron chi connectivity index (χ1n) is 6.50. The van der Waals surface area contributed by atoms with Crippen LogP contribution in [0.2, 0.25) is 0 Å². The molecule has 1 N–H and O–H groups in total. The number of carbonyl (C=O) groups excluding carboxylic acids is 3. The standard InChI is InChI=1S/C12H20N4O3/c1-8-9(2)15(5-4-13-8)11(18)7-16-10(17)6-14(3)12(16)19/h8-9,13H,4-7H2,1-3H3. The van der Waals surface area contributed by atoms with E-state index in [-0.39, 0.29) is 37.0 Å². The molecule has 0 aromatic rings. The number of nitrogens with one attached hydrogen (secondary N) is 1. The summed E-state index contributed by atoms with van der Waals surface area (Å²) >= 11 is 0. The lowest BCUT2D eigenvalue weighted by Gasteiger charge is -2.39. The predicted molar refractivity (Wildman–Crippen MR) is 68.4 cm³/mol. The quantitative estimate of drug-likeness (QED) is 0.658. The highest BCUT2D eigenvalue weighted by atomic mass is 16.2. The Hall–Kier alpha value is -1.63. The van der Waals surface area contributed by atoms with Gasteiger partial charge in [0.2, 0.25) is 5.91 Å². The van der Waals surface area contributed by atoms with Gasteiger partial charge in [-0.25, -0.2) is 4.79 Å². The fourth-order valence-electron chi connectivity index (χ4n) is 2.46. The molecule has 2 atom stereocenters. The van der Waals surface area contributed by atoms with E-state index in [9.17, 15) is 14.4 Å². The molecule has 0 aromatic heterocycles. The first-order chi connectivity index (χ1) is 8.91. The van der Waals surface area contributed by atoms with Crippen molar-refractivity contribution in [2.45, 2.75) is 25.9 Å². The Kier molecular flexibility index (Phi) is 3.75. The molecular weight excluding hydrogens is 248 g/mol. The van der Waals surface area contributed by atoms with Gasteiger partial charge in [-0.1, -0.05) is 0 Å². The minimum atomic E-state index is -0.394. The summed E-state index contributed by atoms with van der Waals surface area (Å²) in [6.45, 7) is 5.23. The molecule has 2 aliphatic rings. The van der Waals surface area contributed by atoms with Crippen LogP contribution in [0.15, 0.2) is 0 Å². The molecule has 2 aliphatic heterocycles. The third-order valence-corrected chi connectivity index (χ3v) is 3.88. The van der Waals surface area contributed by atoms with Crippen LogP contribution in [0, 0.1) is 0 Å². The molecule has 2 heterocycles. The van der Waals surface area contributed by atoms with E-state index in [1.807, 2.05) is 13.8 Å². The van der Waals surface area contributed by atoms with Gasteiger partial charge in [0.25, 0.3) is 5.91 Å². The zero-order chi connectivity index (χ0) is 14.2. The van der Waals surface area contributed by atoms with Gasteiger partial charge in [0.1, 0.15) is 13.1 Å². The van der Waals surface area contributed by atoms with Crippen LogP contribution in [-0.4, -0.2) is 77.9 Å². The summed E-state index contributed by atoms with van der Waals surface area (Å²) in [5.41, 5.74) is 0. The van der Waals surface area contributed by atoms with Gasteiger partial charge < -0.3 is 15.1 Å². The minimum absolute atomic E-state index is 0.0552. The normalized spacial score (nSPS) is 28.3. The first kappa shape index (κ1) is 13.8. The molecule has 2 rings (SSSR count). The largest absolute Gasteiger partial charge is 0.336 e. The zero-order valence-electron chi connectivity index (χ0n) is 11.5. The molecule has 2 unspecified atom stereocenters. The van der Waals surface area contributed by atoms with Crippen LogP contribution in [0.3, 0.4) is 0 Å². The number of amides is 4. The van der Waals surface area contributed by atoms with Crippen molar-refractivity contribution in [2.75, 3.05) is 33.2 Å². The van der Waals surface area contributed by atoms with Crippen LogP contribution < -0.4 is 5.32 Å². The number of hydrogen-bond donors (Lipinski definition) is 1. The summed E-state index contributed by atoms with van der Waals surface area (Å²) in [4.78, 5) is 39.7. The van der Waals surface area contributed by atoms with E-state index < -0.39 is 6.03 Å². The van der Waals surface area contributed by atoms with Gasteiger partial charge in [-0.05, 0) is 13.8 Å². The Labute approximate surface area is 112 Å². The van der Waals surface area contributed by atoms with E-state index in [1.165, 1.54) is 4.90 Å². The molecule has 106 valence electrons. The number of imide groups is 1. The van der Waals surface area contributed by atoms with Crippen molar-refractivity contribution in [1.82, 2.24) is 20.0 Å². The Morgan fingerprint density at radius 1 is 1.37 bits per heavy atom. The summed E-state index contributed by atoms with van der Waals surface area (Å²) in [6, 6.07) is -0.119. The maximum absolute atomic E-state index is 12.2. The lowest BCUT2D eigenvalue weighted by Crippen LogP contribution is -2.59. The summed E-state index contributed by atoms with van der Waals surface area (Å²) in [5, 5.41) is 3.29. The van der Waals surface area contributed by atoms with E-state index in [0.717, 1.165) is 11.4 Å². The van der Waals surface area contributed by atoms with Gasteiger partial charge in [-0.3, -0.25) is 14.5 Å². The molecule has 0 saturated carbocycles. The number of carbonyl (C=O) groups is 3. The second kappa shape index (κ2) is 5.16. The van der Waals surface area contributed by atoms with Crippen molar-refractivity contribution in [2.24, 2.45) is 0 Å². The van der Waals surface area contributed by atoms with Gasteiger partial charge in [0, 0.05) is 32.2 Å². The number of piperazine rings is 1. The van der Waals surface area contributed by atoms with Crippen molar-refractivity contribution in [1.29, 1.82) is 0 Å². The fraction of sp³-hybridized carbons (Fsp3) is 0.750. The second-order valence-electron chi connectivity index (χ2n) is 5.19. The van der Waals surface area contributed by atoms with Gasteiger partial charge in [-0.2, -0.15) is 0 Å². The van der Waals surface area contributed by atoms with Crippen LogP contribution in [0.25, 0.3) is 0 Å². The third-order valence-electron chi connectivity index (χ3n) is 3.88. The number of urea groups is 1. The summed E-state index contributed by atoms with van der Waals surface area (Å²) < 4.78 is 0. The summed E-state index contributed by atoms with van der Waals surface area (Å²) in [7, 11) is 1.56. The maximum Gasteiger partial charge on any atom is 0.327 e. The maximum atomic E-state index is 12.2. The lowest BCUT2D eigenvalue weighted by molar-refractivity contribution is -0.139. The van der Waals surface area contributed by atoms with Crippen molar-refractivity contribution < 1.29 is 14.4 Å². The van der Waals surface area contributed by atoms with Crippen LogP contribution in [0.1, 0.15) is 13.8 Å². The number of likely N-dealkylation sites (N-methyl/N-ethyl adjacent to an activating group) is 1. The topological polar surface area (TPSA) is 73.0 Å². The van der Waals surface area contributed by atoms with Crippen molar-refractivity contribution in [3.8, 4) is 0 Å². The molecule has 7 nitrogen and oxygen atoms in total. The average Bonchev–Trinajstić information content (AvgIpc) is 2.59. The van der Waals surface area contributed by atoms with Crippen molar-refractivity contribution >= 4 is 17.8 Å². The van der Waals surface area contributed by atoms with Gasteiger partial charge in [0.05, 0.1) is 0 Å². The minimum Gasteiger partial charge on any atom is -0.336 e. The molecule has 2 fully saturated rings. The first-order valence-corrected chi connectivity index (χ1v) is 6.50. The molecule has 0 radical (unpaired) electrons. The van der Waals surface area contributed by atoms with Crippen LogP contribution in [0.5, 0.6) is 0 Å². The Morgan fingerprint density at radius 3 is 2.63 bits per heavy atom. The SMILES string of the molecule is CC1NCCN(C(=O)CN2C(=O)CN(C)C2=O)C1C. The number of nitrogens with zero attached hydrogens (tertiary/aromatic N) is 3.